The quantitative estimate of drug-likeness (QED) is 0.651. The third kappa shape index (κ3) is 4.47. The molecule has 0 spiro atoms. The normalized spacial score (nSPS) is 10.6. The van der Waals surface area contributed by atoms with Crippen molar-refractivity contribution in [2.24, 2.45) is 0 Å². The van der Waals surface area contributed by atoms with Crippen LogP contribution in [0.15, 0.2) is 54.6 Å². The van der Waals surface area contributed by atoms with Crippen molar-refractivity contribution < 1.29 is 19.1 Å². The van der Waals surface area contributed by atoms with Crippen LogP contribution in [0.1, 0.15) is 23.0 Å². The van der Waals surface area contributed by atoms with E-state index in [1.54, 1.807) is 6.07 Å². The van der Waals surface area contributed by atoms with Crippen molar-refractivity contribution in [1.82, 2.24) is 9.88 Å². The van der Waals surface area contributed by atoms with Gasteiger partial charge in [-0.15, -0.1) is 0 Å². The molecule has 0 atom stereocenters. The molecule has 27 heavy (non-hydrogen) atoms. The zero-order valence-electron chi connectivity index (χ0n) is 15.4. The van der Waals surface area contributed by atoms with Gasteiger partial charge in [-0.1, -0.05) is 30.3 Å². The number of esters is 1. The highest BCUT2D eigenvalue weighted by Crippen LogP contribution is 2.22. The monoisotopic (exact) mass is 366 g/mol. The van der Waals surface area contributed by atoms with E-state index in [4.69, 9.17) is 9.47 Å². The van der Waals surface area contributed by atoms with E-state index in [9.17, 15) is 9.59 Å². The summed E-state index contributed by atoms with van der Waals surface area (Å²) < 4.78 is 10.2. The molecule has 3 aromatic rings. The summed E-state index contributed by atoms with van der Waals surface area (Å²) >= 11 is 0. The zero-order chi connectivity index (χ0) is 19.2. The van der Waals surface area contributed by atoms with Crippen molar-refractivity contribution in [1.29, 1.82) is 0 Å². The molecule has 6 nitrogen and oxygen atoms in total. The molecular weight excluding hydrogens is 344 g/mol. The van der Waals surface area contributed by atoms with Crippen LogP contribution in [0.3, 0.4) is 0 Å². The second-order valence-electron chi connectivity index (χ2n) is 6.09. The number of amides is 1. The molecule has 0 aliphatic carbocycles. The molecule has 0 saturated carbocycles. The molecule has 0 aliphatic heterocycles. The topological polar surface area (TPSA) is 71.6 Å². The highest BCUT2D eigenvalue weighted by Gasteiger charge is 2.21. The molecule has 0 radical (unpaired) electrons. The van der Waals surface area contributed by atoms with Gasteiger partial charge in [-0.2, -0.15) is 0 Å². The number of H-pyrrole nitrogens is 1. The predicted octanol–water partition coefficient (Wildman–Crippen LogP) is 3.38. The van der Waals surface area contributed by atoms with Crippen molar-refractivity contribution in [3.63, 3.8) is 0 Å². The van der Waals surface area contributed by atoms with Gasteiger partial charge in [0, 0.05) is 23.5 Å². The molecule has 0 aliphatic rings. The highest BCUT2D eigenvalue weighted by molar-refractivity contribution is 5.99. The summed E-state index contributed by atoms with van der Waals surface area (Å²) in [7, 11) is 1.31. The first-order valence-electron chi connectivity index (χ1n) is 8.76. The lowest BCUT2D eigenvalue weighted by Crippen LogP contribution is -2.35. The summed E-state index contributed by atoms with van der Waals surface area (Å²) in [5, 5.41) is 0.902. The van der Waals surface area contributed by atoms with Crippen molar-refractivity contribution >= 4 is 22.8 Å². The zero-order valence-corrected chi connectivity index (χ0v) is 15.4. The molecule has 0 bridgehead atoms. The molecule has 0 saturated heterocycles. The fraction of sp³-hybridized carbons (Fsp3) is 0.238. The molecule has 1 amide bonds. The lowest BCUT2D eigenvalue weighted by molar-refractivity contribution is -0.141. The Kier molecular flexibility index (Phi) is 5.76. The third-order valence-electron chi connectivity index (χ3n) is 4.19. The largest absolute Gasteiger partial charge is 0.494 e. The predicted molar refractivity (Wildman–Crippen MR) is 103 cm³/mol. The third-order valence-corrected chi connectivity index (χ3v) is 4.19. The molecule has 6 heteroatoms. The number of rotatable bonds is 7. The fourth-order valence-corrected chi connectivity index (χ4v) is 2.87. The molecule has 0 fully saturated rings. The molecule has 2 aromatic carbocycles. The first-order chi connectivity index (χ1) is 13.1. The number of fused-ring (bicyclic) bond motifs is 1. The minimum atomic E-state index is -0.464. The fourth-order valence-electron chi connectivity index (χ4n) is 2.87. The molecule has 1 heterocycles. The smallest absolute Gasteiger partial charge is 0.325 e. The van der Waals surface area contributed by atoms with Gasteiger partial charge in [0.2, 0.25) is 0 Å². The van der Waals surface area contributed by atoms with Gasteiger partial charge in [-0.3, -0.25) is 9.59 Å². The Bertz CT molecular complexity index is 934. The lowest BCUT2D eigenvalue weighted by atomic mass is 10.2. The number of nitrogens with one attached hydrogen (secondary N) is 1. The average Bonchev–Trinajstić information content (AvgIpc) is 3.11. The number of hydrogen-bond donors (Lipinski definition) is 1. The Hall–Kier alpha value is -3.28. The van der Waals surface area contributed by atoms with E-state index in [0.717, 1.165) is 22.2 Å². The summed E-state index contributed by atoms with van der Waals surface area (Å²) in [5.74, 6) is 0.00832. The number of hydrogen-bond acceptors (Lipinski definition) is 4. The maximum absolute atomic E-state index is 13.0. The number of carbonyl (C=O) groups is 2. The van der Waals surface area contributed by atoms with Crippen LogP contribution in [0.5, 0.6) is 5.75 Å². The SMILES string of the molecule is CCOc1ccc2cc(C(=O)N(CC(=O)OC)Cc3ccccc3)[nH]c2c1. The maximum Gasteiger partial charge on any atom is 0.325 e. The van der Waals surface area contributed by atoms with E-state index in [1.165, 1.54) is 12.0 Å². The summed E-state index contributed by atoms with van der Waals surface area (Å²) in [5.41, 5.74) is 2.16. The number of aromatic amines is 1. The standard InChI is InChI=1S/C21H22N2O4/c1-3-27-17-10-9-16-11-19(22-18(16)12-17)21(25)23(14-20(24)26-2)13-15-7-5-4-6-8-15/h4-12,22H,3,13-14H2,1-2H3. The van der Waals surface area contributed by atoms with Gasteiger partial charge >= 0.3 is 5.97 Å². The minimum absolute atomic E-state index is 0.121. The van der Waals surface area contributed by atoms with E-state index in [1.807, 2.05) is 55.5 Å². The summed E-state index contributed by atoms with van der Waals surface area (Å²) in [6.07, 6.45) is 0. The van der Waals surface area contributed by atoms with Crippen LogP contribution in [0, 0.1) is 0 Å². The number of aromatic nitrogens is 1. The van der Waals surface area contributed by atoms with E-state index >= 15 is 0 Å². The maximum atomic E-state index is 13.0. The number of carbonyl (C=O) groups excluding carboxylic acids is 2. The van der Waals surface area contributed by atoms with Crippen molar-refractivity contribution in [3.8, 4) is 5.75 Å². The van der Waals surface area contributed by atoms with E-state index in [-0.39, 0.29) is 12.5 Å². The van der Waals surface area contributed by atoms with Gasteiger partial charge in [0.15, 0.2) is 0 Å². The van der Waals surface area contributed by atoms with Crippen LogP contribution in [0.4, 0.5) is 0 Å². The number of nitrogens with zero attached hydrogens (tertiary/aromatic N) is 1. The summed E-state index contributed by atoms with van der Waals surface area (Å²) in [6.45, 7) is 2.68. The van der Waals surface area contributed by atoms with Gasteiger partial charge in [0.05, 0.1) is 13.7 Å². The molecule has 140 valence electrons. The van der Waals surface area contributed by atoms with E-state index < -0.39 is 5.97 Å². The minimum Gasteiger partial charge on any atom is -0.494 e. The van der Waals surface area contributed by atoms with Crippen LogP contribution in [-0.4, -0.2) is 42.0 Å². The van der Waals surface area contributed by atoms with E-state index in [0.29, 0.717) is 18.8 Å². The van der Waals surface area contributed by atoms with Crippen LogP contribution < -0.4 is 4.74 Å². The van der Waals surface area contributed by atoms with Crippen LogP contribution in [0.25, 0.3) is 10.9 Å². The number of ether oxygens (including phenoxy) is 2. The van der Waals surface area contributed by atoms with Crippen molar-refractivity contribution in [2.75, 3.05) is 20.3 Å². The average molecular weight is 366 g/mol. The molecule has 0 unspecified atom stereocenters. The van der Waals surface area contributed by atoms with Crippen LogP contribution >= 0.6 is 0 Å². The van der Waals surface area contributed by atoms with Crippen molar-refractivity contribution in [3.05, 3.63) is 65.9 Å². The molecule has 1 aromatic heterocycles. The Morgan fingerprint density at radius 1 is 1.07 bits per heavy atom. The Balaban J connectivity index is 1.87. The van der Waals surface area contributed by atoms with Gasteiger partial charge in [0.25, 0.3) is 5.91 Å². The van der Waals surface area contributed by atoms with Gasteiger partial charge in [-0.05, 0) is 30.7 Å². The summed E-state index contributed by atoms with van der Waals surface area (Å²) in [4.78, 5) is 29.4. The first kappa shape index (κ1) is 18.5. The second kappa shape index (κ2) is 8.40. The molecule has 1 N–H and O–H groups in total. The first-order valence-corrected chi connectivity index (χ1v) is 8.76. The number of methoxy groups -OCH3 is 1. The number of benzene rings is 2. The Morgan fingerprint density at radius 2 is 1.85 bits per heavy atom. The van der Waals surface area contributed by atoms with Crippen LogP contribution in [0.2, 0.25) is 0 Å². The van der Waals surface area contributed by atoms with Gasteiger partial charge in [-0.25, -0.2) is 0 Å². The highest BCUT2D eigenvalue weighted by atomic mass is 16.5. The molecular formula is C21H22N2O4. The summed E-state index contributed by atoms with van der Waals surface area (Å²) in [6, 6.07) is 16.9. The van der Waals surface area contributed by atoms with Crippen molar-refractivity contribution in [2.45, 2.75) is 13.5 Å². The second-order valence-corrected chi connectivity index (χ2v) is 6.09. The van der Waals surface area contributed by atoms with Gasteiger partial charge in [0.1, 0.15) is 18.0 Å². The lowest BCUT2D eigenvalue weighted by Gasteiger charge is -2.21. The van der Waals surface area contributed by atoms with Crippen LogP contribution in [-0.2, 0) is 16.1 Å². The molecule has 3 rings (SSSR count). The van der Waals surface area contributed by atoms with E-state index in [2.05, 4.69) is 4.98 Å². The Morgan fingerprint density at radius 3 is 2.56 bits per heavy atom. The Labute approximate surface area is 157 Å². The van der Waals surface area contributed by atoms with Gasteiger partial charge < -0.3 is 19.4 Å².